The molecule has 2 aromatic heterocycles. The highest BCUT2D eigenvalue weighted by Crippen LogP contribution is 2.33. The molecule has 0 radical (unpaired) electrons. The van der Waals surface area contributed by atoms with Crippen molar-refractivity contribution < 1.29 is 4.39 Å². The van der Waals surface area contributed by atoms with E-state index >= 15 is 0 Å². The summed E-state index contributed by atoms with van der Waals surface area (Å²) in [6.45, 7) is 0.635. The number of benzene rings is 2. The number of rotatable bonds is 3. The van der Waals surface area contributed by atoms with Crippen molar-refractivity contribution >= 4 is 46.1 Å². The minimum atomic E-state index is -0.251. The normalized spacial score (nSPS) is 14.3. The van der Waals surface area contributed by atoms with E-state index in [2.05, 4.69) is 20.7 Å². The van der Waals surface area contributed by atoms with Crippen LogP contribution in [0.15, 0.2) is 60.9 Å². The Balaban J connectivity index is 1.52. The minimum absolute atomic E-state index is 0.251. The predicted molar refractivity (Wildman–Crippen MR) is 110 cm³/mol. The van der Waals surface area contributed by atoms with Gasteiger partial charge in [0.25, 0.3) is 0 Å². The molecule has 0 fully saturated rings. The van der Waals surface area contributed by atoms with Crippen LogP contribution < -0.4 is 10.6 Å². The molecule has 0 spiro atoms. The van der Waals surface area contributed by atoms with E-state index in [0.29, 0.717) is 23.0 Å². The molecule has 1 aliphatic heterocycles. The molecule has 1 aliphatic rings. The van der Waals surface area contributed by atoms with Crippen molar-refractivity contribution in [1.29, 1.82) is 0 Å². The van der Waals surface area contributed by atoms with Gasteiger partial charge in [-0.2, -0.15) is 5.10 Å². The zero-order valence-electron chi connectivity index (χ0n) is 14.7. The van der Waals surface area contributed by atoms with Crippen LogP contribution in [0.5, 0.6) is 0 Å². The van der Waals surface area contributed by atoms with Gasteiger partial charge in [0.15, 0.2) is 5.65 Å². The quantitative estimate of drug-likeness (QED) is 0.502. The van der Waals surface area contributed by atoms with Gasteiger partial charge in [0.05, 0.1) is 6.20 Å². The minimum Gasteiger partial charge on any atom is -0.380 e. The average Bonchev–Trinajstić information content (AvgIpc) is 3.26. The van der Waals surface area contributed by atoms with Gasteiger partial charge in [-0.05, 0) is 54.1 Å². The molecule has 5 nitrogen and oxygen atoms in total. The molecule has 0 amide bonds. The Morgan fingerprint density at radius 2 is 2.11 bits per heavy atom. The smallest absolute Gasteiger partial charge is 0.164 e. The van der Waals surface area contributed by atoms with Crippen LogP contribution in [-0.2, 0) is 0 Å². The lowest BCUT2D eigenvalue weighted by atomic mass is 10.1. The van der Waals surface area contributed by atoms with Gasteiger partial charge in [0.1, 0.15) is 11.6 Å². The number of hydrogen-bond donors (Lipinski definition) is 2. The van der Waals surface area contributed by atoms with Crippen LogP contribution in [0, 0.1) is 5.82 Å². The molecular weight excluding hydrogens is 377 g/mol. The molecule has 7 heteroatoms. The Labute approximate surface area is 165 Å². The van der Waals surface area contributed by atoms with Crippen molar-refractivity contribution in [3.8, 4) is 0 Å². The first-order chi connectivity index (χ1) is 13.7. The fourth-order valence-electron chi connectivity index (χ4n) is 3.31. The molecule has 2 aromatic carbocycles. The third-order valence-electron chi connectivity index (χ3n) is 4.62. The van der Waals surface area contributed by atoms with E-state index in [1.54, 1.807) is 22.8 Å². The molecule has 0 atom stereocenters. The fraction of sp³-hybridized carbons (Fsp3) is 0.0476. The zero-order valence-corrected chi connectivity index (χ0v) is 15.4. The third kappa shape index (κ3) is 3.08. The van der Waals surface area contributed by atoms with Crippen molar-refractivity contribution in [1.82, 2.24) is 14.6 Å². The summed E-state index contributed by atoms with van der Waals surface area (Å²) in [6.07, 6.45) is 5.60. The first-order valence-corrected chi connectivity index (χ1v) is 9.15. The van der Waals surface area contributed by atoms with Crippen LogP contribution in [0.2, 0.25) is 5.02 Å². The topological polar surface area (TPSA) is 54.2 Å². The highest BCUT2D eigenvalue weighted by atomic mass is 35.5. The Morgan fingerprint density at radius 3 is 3.00 bits per heavy atom. The Morgan fingerprint density at radius 1 is 1.18 bits per heavy atom. The van der Waals surface area contributed by atoms with Crippen LogP contribution >= 0.6 is 11.6 Å². The van der Waals surface area contributed by atoms with Gasteiger partial charge in [-0.25, -0.2) is 13.9 Å². The van der Waals surface area contributed by atoms with Crippen molar-refractivity contribution in [3.05, 3.63) is 82.9 Å². The van der Waals surface area contributed by atoms with E-state index < -0.39 is 0 Å². The summed E-state index contributed by atoms with van der Waals surface area (Å²) in [4.78, 5) is 4.68. The number of anilines is 3. The molecule has 3 heterocycles. The van der Waals surface area contributed by atoms with Crippen molar-refractivity contribution in [2.75, 3.05) is 17.2 Å². The Bertz CT molecular complexity index is 1230. The van der Waals surface area contributed by atoms with Gasteiger partial charge in [-0.3, -0.25) is 0 Å². The lowest BCUT2D eigenvalue weighted by Gasteiger charge is -2.06. The van der Waals surface area contributed by atoms with E-state index in [4.69, 9.17) is 11.6 Å². The molecule has 28 heavy (non-hydrogen) atoms. The summed E-state index contributed by atoms with van der Waals surface area (Å²) >= 11 is 6.05. The largest absolute Gasteiger partial charge is 0.380 e. The van der Waals surface area contributed by atoms with Crippen molar-refractivity contribution in [2.45, 2.75) is 0 Å². The molecular formula is C21H15ClFN5. The molecule has 5 rings (SSSR count). The molecule has 0 bridgehead atoms. The van der Waals surface area contributed by atoms with E-state index in [9.17, 15) is 4.39 Å². The van der Waals surface area contributed by atoms with Crippen LogP contribution in [0.25, 0.3) is 17.3 Å². The summed E-state index contributed by atoms with van der Waals surface area (Å²) in [5, 5.41) is 11.5. The van der Waals surface area contributed by atoms with E-state index in [-0.39, 0.29) is 5.82 Å². The number of aromatic nitrogens is 3. The van der Waals surface area contributed by atoms with Gasteiger partial charge < -0.3 is 10.6 Å². The first kappa shape index (κ1) is 16.8. The number of hydrogen-bond acceptors (Lipinski definition) is 4. The Kier molecular flexibility index (Phi) is 3.98. The van der Waals surface area contributed by atoms with Crippen LogP contribution in [0.1, 0.15) is 11.1 Å². The standard InChI is InChI=1S/C21H15ClFN5/c22-15-2-1-3-17(9-15)26-20-6-7-28-21(27-20)14(12-25-28)8-13-11-24-19-5-4-16(23)10-18(13)19/h1-10,12,24H,11H2,(H,26,27). The number of nitrogens with one attached hydrogen (secondary N) is 2. The predicted octanol–water partition coefficient (Wildman–Crippen LogP) is 5.23. The van der Waals surface area contributed by atoms with Gasteiger partial charge in [0, 0.05) is 40.3 Å². The first-order valence-electron chi connectivity index (χ1n) is 8.77. The average molecular weight is 392 g/mol. The van der Waals surface area contributed by atoms with Crippen LogP contribution in [0.4, 0.5) is 21.6 Å². The van der Waals surface area contributed by atoms with Crippen LogP contribution in [-0.4, -0.2) is 21.1 Å². The summed E-state index contributed by atoms with van der Waals surface area (Å²) in [7, 11) is 0. The van der Waals surface area contributed by atoms with E-state index in [0.717, 1.165) is 28.1 Å². The summed E-state index contributed by atoms with van der Waals surface area (Å²) in [5.74, 6) is 0.435. The zero-order chi connectivity index (χ0) is 19.1. The summed E-state index contributed by atoms with van der Waals surface area (Å²) in [5.41, 5.74) is 5.23. The van der Waals surface area contributed by atoms with Gasteiger partial charge >= 0.3 is 0 Å². The SMILES string of the molecule is Fc1ccc2c(c1)C(=Cc1cnn3ccc(Nc4cccc(Cl)c4)nc13)CN2. The lowest BCUT2D eigenvalue weighted by Crippen LogP contribution is -1.97. The monoisotopic (exact) mass is 391 g/mol. The van der Waals surface area contributed by atoms with Crippen LogP contribution in [0.3, 0.4) is 0 Å². The molecule has 2 N–H and O–H groups in total. The molecule has 0 saturated heterocycles. The second kappa shape index (κ2) is 6.65. The molecule has 4 aromatic rings. The maximum Gasteiger partial charge on any atom is 0.164 e. The maximum atomic E-state index is 13.7. The summed E-state index contributed by atoms with van der Waals surface area (Å²) < 4.78 is 15.4. The maximum absolute atomic E-state index is 13.7. The highest BCUT2D eigenvalue weighted by molar-refractivity contribution is 6.30. The second-order valence-electron chi connectivity index (χ2n) is 6.53. The Hall–Kier alpha value is -3.38. The van der Waals surface area contributed by atoms with Gasteiger partial charge in [-0.1, -0.05) is 17.7 Å². The van der Waals surface area contributed by atoms with Gasteiger partial charge in [-0.15, -0.1) is 0 Å². The number of nitrogens with zero attached hydrogens (tertiary/aromatic N) is 3. The molecule has 0 unspecified atom stereocenters. The van der Waals surface area contributed by atoms with Crippen molar-refractivity contribution in [2.24, 2.45) is 0 Å². The molecule has 138 valence electrons. The number of halogens is 2. The van der Waals surface area contributed by atoms with Gasteiger partial charge in [0.2, 0.25) is 0 Å². The highest BCUT2D eigenvalue weighted by Gasteiger charge is 2.17. The van der Waals surface area contributed by atoms with Crippen molar-refractivity contribution in [3.63, 3.8) is 0 Å². The molecule has 0 aliphatic carbocycles. The lowest BCUT2D eigenvalue weighted by molar-refractivity contribution is 0.628. The van der Waals surface area contributed by atoms with E-state index in [1.165, 1.54) is 6.07 Å². The molecule has 0 saturated carbocycles. The third-order valence-corrected chi connectivity index (χ3v) is 4.86. The number of fused-ring (bicyclic) bond motifs is 2. The fourth-order valence-corrected chi connectivity index (χ4v) is 3.50. The van der Waals surface area contributed by atoms with E-state index in [1.807, 2.05) is 42.6 Å². The summed E-state index contributed by atoms with van der Waals surface area (Å²) in [6, 6.07) is 14.1. The second-order valence-corrected chi connectivity index (χ2v) is 6.97.